The Labute approximate surface area is 107 Å². The normalized spacial score (nSPS) is 10.9. The average molecular weight is 247 g/mol. The molecule has 0 radical (unpaired) electrons. The predicted octanol–water partition coefficient (Wildman–Crippen LogP) is 1.78. The third-order valence-electron chi connectivity index (χ3n) is 2.57. The summed E-state index contributed by atoms with van der Waals surface area (Å²) in [6.07, 6.45) is 1.44. The first kappa shape index (κ1) is 13.8. The van der Waals surface area contributed by atoms with E-state index in [-0.39, 0.29) is 5.57 Å². The van der Waals surface area contributed by atoms with Gasteiger partial charge in [0.2, 0.25) is 0 Å². The van der Waals surface area contributed by atoms with E-state index in [1.54, 1.807) is 6.07 Å². The summed E-state index contributed by atoms with van der Waals surface area (Å²) in [4.78, 5) is 13.4. The molecule has 0 aromatic carbocycles. The molecule has 0 aliphatic heterocycles. The van der Waals surface area contributed by atoms with Crippen LogP contribution < -0.4 is 10.2 Å². The van der Waals surface area contributed by atoms with Crippen molar-refractivity contribution in [3.8, 4) is 6.07 Å². The third kappa shape index (κ3) is 3.14. The van der Waals surface area contributed by atoms with Crippen LogP contribution in [0.15, 0.2) is 22.1 Å². The summed E-state index contributed by atoms with van der Waals surface area (Å²) in [7, 11) is 1.48. The van der Waals surface area contributed by atoms with Crippen molar-refractivity contribution in [2.75, 3.05) is 25.0 Å². The highest BCUT2D eigenvalue weighted by molar-refractivity contribution is 6.01. The molecule has 0 unspecified atom stereocenters. The van der Waals surface area contributed by atoms with Crippen molar-refractivity contribution in [2.45, 2.75) is 13.8 Å². The van der Waals surface area contributed by atoms with E-state index in [2.05, 4.69) is 5.32 Å². The standard InChI is InChI=1S/C13H17N3O2/c1-4-16(5-2)12-7-6-11(18-12)8-10(9-14)13(17)15-3/h6-8H,4-5H2,1-3H3,(H,15,17)/b10-8-. The number of furan rings is 1. The Bertz CT molecular complexity index is 479. The molecule has 0 atom stereocenters. The zero-order valence-corrected chi connectivity index (χ0v) is 10.9. The van der Waals surface area contributed by atoms with Gasteiger partial charge in [-0.25, -0.2) is 0 Å². The average Bonchev–Trinajstić information content (AvgIpc) is 2.85. The van der Waals surface area contributed by atoms with Gasteiger partial charge in [0.25, 0.3) is 5.91 Å². The van der Waals surface area contributed by atoms with E-state index < -0.39 is 5.91 Å². The van der Waals surface area contributed by atoms with Gasteiger partial charge in [-0.1, -0.05) is 0 Å². The Morgan fingerprint density at radius 3 is 2.67 bits per heavy atom. The van der Waals surface area contributed by atoms with Gasteiger partial charge in [-0.15, -0.1) is 0 Å². The number of amides is 1. The minimum Gasteiger partial charge on any atom is -0.441 e. The largest absolute Gasteiger partial charge is 0.441 e. The molecular formula is C13H17N3O2. The van der Waals surface area contributed by atoms with Gasteiger partial charge in [0.05, 0.1) is 0 Å². The summed E-state index contributed by atoms with van der Waals surface area (Å²) in [6, 6.07) is 5.42. The molecule has 0 fully saturated rings. The Kier molecular flexibility index (Phi) is 5.00. The molecule has 96 valence electrons. The zero-order chi connectivity index (χ0) is 13.5. The SMILES string of the molecule is CCN(CC)c1ccc(/C=C(/C#N)C(=O)NC)o1. The third-order valence-corrected chi connectivity index (χ3v) is 2.57. The molecule has 1 aromatic rings. The fourth-order valence-corrected chi connectivity index (χ4v) is 1.55. The number of likely N-dealkylation sites (N-methyl/N-ethyl adjacent to an activating group) is 1. The Hall–Kier alpha value is -2.22. The van der Waals surface area contributed by atoms with E-state index in [0.717, 1.165) is 19.0 Å². The fraction of sp³-hybridized carbons (Fsp3) is 0.385. The van der Waals surface area contributed by atoms with Crippen molar-refractivity contribution < 1.29 is 9.21 Å². The highest BCUT2D eigenvalue weighted by Crippen LogP contribution is 2.20. The number of nitrogens with one attached hydrogen (secondary N) is 1. The van der Waals surface area contributed by atoms with Crippen molar-refractivity contribution in [2.24, 2.45) is 0 Å². The summed E-state index contributed by atoms with van der Waals surface area (Å²) < 4.78 is 5.57. The maximum Gasteiger partial charge on any atom is 0.261 e. The smallest absolute Gasteiger partial charge is 0.261 e. The van der Waals surface area contributed by atoms with E-state index in [9.17, 15) is 4.79 Å². The summed E-state index contributed by atoms with van der Waals surface area (Å²) in [5, 5.41) is 11.3. The van der Waals surface area contributed by atoms with Crippen molar-refractivity contribution in [3.63, 3.8) is 0 Å². The van der Waals surface area contributed by atoms with Gasteiger partial charge in [-0.3, -0.25) is 4.79 Å². The lowest BCUT2D eigenvalue weighted by Crippen LogP contribution is -2.20. The van der Waals surface area contributed by atoms with Gasteiger partial charge in [-0.2, -0.15) is 5.26 Å². The van der Waals surface area contributed by atoms with Gasteiger partial charge in [0.1, 0.15) is 17.4 Å². The monoisotopic (exact) mass is 247 g/mol. The minimum absolute atomic E-state index is 0.0259. The molecule has 0 saturated carbocycles. The molecule has 0 saturated heterocycles. The van der Waals surface area contributed by atoms with Crippen LogP contribution in [0.1, 0.15) is 19.6 Å². The molecule has 5 nitrogen and oxygen atoms in total. The Morgan fingerprint density at radius 2 is 2.17 bits per heavy atom. The van der Waals surface area contributed by atoms with Gasteiger partial charge in [0.15, 0.2) is 5.88 Å². The molecule has 5 heteroatoms. The first-order valence-electron chi connectivity index (χ1n) is 5.84. The highest BCUT2D eigenvalue weighted by atomic mass is 16.4. The lowest BCUT2D eigenvalue weighted by molar-refractivity contribution is -0.116. The lowest BCUT2D eigenvalue weighted by Gasteiger charge is -2.16. The molecule has 1 aromatic heterocycles. The van der Waals surface area contributed by atoms with Crippen LogP contribution in [0.25, 0.3) is 6.08 Å². The molecule has 18 heavy (non-hydrogen) atoms. The van der Waals surface area contributed by atoms with Crippen LogP contribution in [-0.2, 0) is 4.79 Å². The highest BCUT2D eigenvalue weighted by Gasteiger charge is 2.10. The second-order valence-corrected chi connectivity index (χ2v) is 3.60. The first-order valence-corrected chi connectivity index (χ1v) is 5.84. The molecule has 1 amide bonds. The van der Waals surface area contributed by atoms with Crippen LogP contribution in [0.3, 0.4) is 0 Å². The van der Waals surface area contributed by atoms with Crippen molar-refractivity contribution in [1.82, 2.24) is 5.32 Å². The predicted molar refractivity (Wildman–Crippen MR) is 69.9 cm³/mol. The van der Waals surface area contributed by atoms with Gasteiger partial charge in [0, 0.05) is 32.3 Å². The number of hydrogen-bond donors (Lipinski definition) is 1. The Balaban J connectivity index is 2.96. The molecule has 1 N–H and O–H groups in total. The van der Waals surface area contributed by atoms with E-state index in [4.69, 9.17) is 9.68 Å². The van der Waals surface area contributed by atoms with Gasteiger partial charge < -0.3 is 14.6 Å². The number of anilines is 1. The molecule has 1 heterocycles. The molecule has 0 bridgehead atoms. The second-order valence-electron chi connectivity index (χ2n) is 3.60. The van der Waals surface area contributed by atoms with Crippen LogP contribution in [0.5, 0.6) is 0 Å². The van der Waals surface area contributed by atoms with E-state index in [1.807, 2.05) is 30.9 Å². The summed E-state index contributed by atoms with van der Waals surface area (Å²) in [5.41, 5.74) is 0.0259. The van der Waals surface area contributed by atoms with Crippen molar-refractivity contribution >= 4 is 17.9 Å². The summed E-state index contributed by atoms with van der Waals surface area (Å²) in [6.45, 7) is 5.75. The van der Waals surface area contributed by atoms with Crippen LogP contribution in [-0.4, -0.2) is 26.0 Å². The molecule has 0 aliphatic carbocycles. The number of rotatable bonds is 5. The topological polar surface area (TPSA) is 69.3 Å². The number of nitrogens with zero attached hydrogens (tertiary/aromatic N) is 2. The second kappa shape index (κ2) is 6.50. The number of hydrogen-bond acceptors (Lipinski definition) is 4. The first-order chi connectivity index (χ1) is 8.65. The quantitative estimate of drug-likeness (QED) is 0.636. The van der Waals surface area contributed by atoms with Crippen LogP contribution >= 0.6 is 0 Å². The minimum atomic E-state index is -0.418. The van der Waals surface area contributed by atoms with Gasteiger partial charge >= 0.3 is 0 Å². The summed E-state index contributed by atoms with van der Waals surface area (Å²) in [5.74, 6) is 0.816. The maximum absolute atomic E-state index is 11.3. The van der Waals surface area contributed by atoms with Crippen LogP contribution in [0, 0.1) is 11.3 Å². The van der Waals surface area contributed by atoms with E-state index >= 15 is 0 Å². The van der Waals surface area contributed by atoms with Crippen molar-refractivity contribution in [1.29, 1.82) is 5.26 Å². The molecule has 0 spiro atoms. The maximum atomic E-state index is 11.3. The Morgan fingerprint density at radius 1 is 1.50 bits per heavy atom. The molecule has 0 aliphatic rings. The molecular weight excluding hydrogens is 230 g/mol. The fourth-order valence-electron chi connectivity index (χ4n) is 1.55. The van der Waals surface area contributed by atoms with E-state index in [1.165, 1.54) is 13.1 Å². The number of carbonyl (C=O) groups excluding carboxylic acids is 1. The van der Waals surface area contributed by atoms with E-state index in [0.29, 0.717) is 5.76 Å². The number of nitriles is 1. The zero-order valence-electron chi connectivity index (χ0n) is 10.9. The van der Waals surface area contributed by atoms with Crippen LogP contribution in [0.4, 0.5) is 5.88 Å². The summed E-state index contributed by atoms with van der Waals surface area (Å²) >= 11 is 0. The van der Waals surface area contributed by atoms with Crippen LogP contribution in [0.2, 0.25) is 0 Å². The molecule has 1 rings (SSSR count). The van der Waals surface area contributed by atoms with Crippen molar-refractivity contribution in [3.05, 3.63) is 23.5 Å². The lowest BCUT2D eigenvalue weighted by atomic mass is 10.2. The van der Waals surface area contributed by atoms with Gasteiger partial charge in [-0.05, 0) is 19.9 Å². The number of carbonyl (C=O) groups is 1.